The van der Waals surface area contributed by atoms with Crippen LogP contribution in [0.1, 0.15) is 49.4 Å². The lowest BCUT2D eigenvalue weighted by atomic mass is 10.0. The predicted octanol–water partition coefficient (Wildman–Crippen LogP) is 3.25. The van der Waals surface area contributed by atoms with Crippen LogP contribution in [0.15, 0.2) is 0 Å². The van der Waals surface area contributed by atoms with Gasteiger partial charge >= 0.3 is 0 Å². The van der Waals surface area contributed by atoms with Crippen LogP contribution in [0.25, 0.3) is 0 Å². The summed E-state index contributed by atoms with van der Waals surface area (Å²) in [6.07, 6.45) is 0.954. The summed E-state index contributed by atoms with van der Waals surface area (Å²) in [6, 6.07) is 2.35. The number of anilines is 2. The molecule has 0 aliphatic rings. The highest BCUT2D eigenvalue weighted by atomic mass is 32.1. The molecule has 5 heteroatoms. The number of rotatable bonds is 5. The van der Waals surface area contributed by atoms with E-state index in [4.69, 9.17) is 11.0 Å². The topological polar surface area (TPSA) is 78.9 Å². The molecule has 0 radical (unpaired) electrons. The Kier molecular flexibility index (Phi) is 4.74. The van der Waals surface area contributed by atoms with Crippen LogP contribution in [-0.2, 0) is 0 Å². The van der Waals surface area contributed by atoms with Crippen molar-refractivity contribution >= 4 is 27.8 Å². The molecule has 0 fully saturated rings. The lowest BCUT2D eigenvalue weighted by Crippen LogP contribution is -2.24. The molecule has 0 bridgehead atoms. The second kappa shape index (κ2) is 5.87. The van der Waals surface area contributed by atoms with Gasteiger partial charge in [0, 0.05) is 13.0 Å². The number of hydrogen-bond acceptors (Lipinski definition) is 5. The Morgan fingerprint density at radius 1 is 1.56 bits per heavy atom. The largest absolute Gasteiger partial charge is 0.396 e. The van der Waals surface area contributed by atoms with Crippen molar-refractivity contribution in [1.29, 1.82) is 5.26 Å². The van der Waals surface area contributed by atoms with Gasteiger partial charge < -0.3 is 11.1 Å². The molecule has 0 amide bonds. The fourth-order valence-corrected chi connectivity index (χ4v) is 2.85. The average Bonchev–Trinajstić information content (AvgIpc) is 2.62. The molecule has 0 saturated heterocycles. The van der Waals surface area contributed by atoms with Gasteiger partial charge in [-0.15, -0.1) is 11.3 Å². The molecule has 1 atom stereocenters. The van der Waals surface area contributed by atoms with Gasteiger partial charge in [-0.3, -0.25) is 4.79 Å². The molecule has 98 valence electrons. The lowest BCUT2D eigenvalue weighted by Gasteiger charge is -2.21. The third-order valence-electron chi connectivity index (χ3n) is 2.94. The number of nitrogens with zero attached hydrogens (tertiary/aromatic N) is 1. The number of nitrogens with two attached hydrogens (primary N) is 1. The summed E-state index contributed by atoms with van der Waals surface area (Å²) >= 11 is 1.27. The number of nitrogens with one attached hydrogen (secondary N) is 1. The van der Waals surface area contributed by atoms with E-state index in [-0.39, 0.29) is 11.8 Å². The van der Waals surface area contributed by atoms with Crippen LogP contribution in [-0.4, -0.2) is 11.8 Å². The van der Waals surface area contributed by atoms with Crippen LogP contribution in [0.3, 0.4) is 0 Å². The zero-order valence-electron chi connectivity index (χ0n) is 11.2. The van der Waals surface area contributed by atoms with Crippen LogP contribution in [0.4, 0.5) is 10.7 Å². The molecule has 0 aromatic carbocycles. The van der Waals surface area contributed by atoms with Gasteiger partial charge in [0.05, 0.1) is 10.6 Å². The highest BCUT2D eigenvalue weighted by molar-refractivity contribution is 7.19. The number of nitriles is 1. The van der Waals surface area contributed by atoms with Crippen LogP contribution >= 0.6 is 11.3 Å². The van der Waals surface area contributed by atoms with Crippen molar-refractivity contribution in [3.8, 4) is 6.07 Å². The van der Waals surface area contributed by atoms with Gasteiger partial charge in [0.2, 0.25) is 0 Å². The molecule has 1 unspecified atom stereocenters. The second-order valence-electron chi connectivity index (χ2n) is 4.62. The van der Waals surface area contributed by atoms with Crippen LogP contribution < -0.4 is 11.1 Å². The summed E-state index contributed by atoms with van der Waals surface area (Å²) in [5.74, 6) is 0.352. The van der Waals surface area contributed by atoms with E-state index in [1.165, 1.54) is 18.3 Å². The Labute approximate surface area is 112 Å². The van der Waals surface area contributed by atoms with Crippen molar-refractivity contribution in [3.63, 3.8) is 0 Å². The minimum Gasteiger partial charge on any atom is -0.396 e. The van der Waals surface area contributed by atoms with E-state index in [0.29, 0.717) is 27.0 Å². The van der Waals surface area contributed by atoms with Crippen molar-refractivity contribution in [2.24, 2.45) is 5.92 Å². The predicted molar refractivity (Wildman–Crippen MR) is 76.0 cm³/mol. The van der Waals surface area contributed by atoms with Crippen molar-refractivity contribution in [3.05, 3.63) is 10.4 Å². The maximum absolute atomic E-state index is 11.4. The maximum atomic E-state index is 11.4. The minimum absolute atomic E-state index is 0.0976. The normalized spacial score (nSPS) is 12.2. The Bertz CT molecular complexity index is 485. The second-order valence-corrected chi connectivity index (χ2v) is 5.64. The van der Waals surface area contributed by atoms with E-state index in [1.807, 2.05) is 0 Å². The number of hydrogen-bond donors (Lipinski definition) is 2. The first kappa shape index (κ1) is 14.5. The smallest absolute Gasteiger partial charge is 0.171 e. The molecule has 18 heavy (non-hydrogen) atoms. The van der Waals surface area contributed by atoms with Gasteiger partial charge in [-0.1, -0.05) is 20.8 Å². The van der Waals surface area contributed by atoms with E-state index < -0.39 is 0 Å². The quantitative estimate of drug-likeness (QED) is 0.801. The van der Waals surface area contributed by atoms with Crippen LogP contribution in [0.5, 0.6) is 0 Å². The Morgan fingerprint density at radius 3 is 2.56 bits per heavy atom. The molecular weight excluding hydrogens is 246 g/mol. The fourth-order valence-electron chi connectivity index (χ4n) is 1.83. The molecule has 0 spiro atoms. The van der Waals surface area contributed by atoms with Gasteiger partial charge in [-0.25, -0.2) is 0 Å². The van der Waals surface area contributed by atoms with Gasteiger partial charge in [0.25, 0.3) is 0 Å². The number of thiophene rings is 1. The van der Waals surface area contributed by atoms with E-state index in [2.05, 4.69) is 32.2 Å². The molecule has 1 aromatic heterocycles. The average molecular weight is 265 g/mol. The molecule has 1 rings (SSSR count). The zero-order valence-corrected chi connectivity index (χ0v) is 12.0. The molecule has 0 aliphatic carbocycles. The standard InChI is InChI=1S/C13H19N3OS/c1-5-10(7(2)3)16-13-9(6-14)11(15)12(18-13)8(4)17/h7,10,16H,5,15H2,1-4H3. The minimum atomic E-state index is -0.0976. The molecular formula is C13H19N3OS. The van der Waals surface area contributed by atoms with Crippen molar-refractivity contribution in [1.82, 2.24) is 0 Å². The molecule has 1 heterocycles. The number of Topliss-reactive ketones (excluding diaryl/α,β-unsaturated/α-hetero) is 1. The van der Waals surface area contributed by atoms with E-state index >= 15 is 0 Å². The summed E-state index contributed by atoms with van der Waals surface area (Å²) in [5, 5.41) is 13.2. The Morgan fingerprint density at radius 2 is 2.17 bits per heavy atom. The summed E-state index contributed by atoms with van der Waals surface area (Å²) in [4.78, 5) is 11.9. The number of carbonyl (C=O) groups is 1. The van der Waals surface area contributed by atoms with Crippen molar-refractivity contribution < 1.29 is 4.79 Å². The third kappa shape index (κ3) is 2.82. The van der Waals surface area contributed by atoms with Crippen molar-refractivity contribution in [2.75, 3.05) is 11.1 Å². The molecule has 0 aliphatic heterocycles. The van der Waals surface area contributed by atoms with E-state index in [9.17, 15) is 4.79 Å². The number of nitrogen functional groups attached to an aromatic ring is 1. The van der Waals surface area contributed by atoms with Gasteiger partial charge in [0.15, 0.2) is 5.78 Å². The molecule has 0 saturated carbocycles. The summed E-state index contributed by atoms with van der Waals surface area (Å²) < 4.78 is 0. The molecule has 3 N–H and O–H groups in total. The van der Waals surface area contributed by atoms with Gasteiger partial charge in [0.1, 0.15) is 16.6 Å². The van der Waals surface area contributed by atoms with Crippen LogP contribution in [0, 0.1) is 17.2 Å². The Hall–Kier alpha value is -1.54. The summed E-state index contributed by atoms with van der Waals surface area (Å²) in [5.41, 5.74) is 6.53. The summed E-state index contributed by atoms with van der Waals surface area (Å²) in [6.45, 7) is 7.80. The molecule has 1 aromatic rings. The monoisotopic (exact) mass is 265 g/mol. The van der Waals surface area contributed by atoms with E-state index in [0.717, 1.165) is 6.42 Å². The Balaban J connectivity index is 3.13. The van der Waals surface area contributed by atoms with Crippen LogP contribution in [0.2, 0.25) is 0 Å². The van der Waals surface area contributed by atoms with Gasteiger partial charge in [-0.05, 0) is 12.3 Å². The first-order chi connectivity index (χ1) is 8.42. The first-order valence-corrected chi connectivity index (χ1v) is 6.83. The fraction of sp³-hybridized carbons (Fsp3) is 0.538. The zero-order chi connectivity index (χ0) is 13.9. The third-order valence-corrected chi connectivity index (χ3v) is 4.18. The van der Waals surface area contributed by atoms with Crippen molar-refractivity contribution in [2.45, 2.75) is 40.2 Å². The number of ketones is 1. The highest BCUT2D eigenvalue weighted by Gasteiger charge is 2.21. The lowest BCUT2D eigenvalue weighted by molar-refractivity contribution is 0.102. The maximum Gasteiger partial charge on any atom is 0.171 e. The summed E-state index contributed by atoms with van der Waals surface area (Å²) in [7, 11) is 0. The van der Waals surface area contributed by atoms with Gasteiger partial charge in [-0.2, -0.15) is 5.26 Å². The SMILES string of the molecule is CCC(Nc1sc(C(C)=O)c(N)c1C#N)C(C)C. The number of carbonyl (C=O) groups excluding carboxylic acids is 1. The first-order valence-electron chi connectivity index (χ1n) is 6.02. The molecule has 4 nitrogen and oxygen atoms in total. The van der Waals surface area contributed by atoms with E-state index in [1.54, 1.807) is 0 Å². The highest BCUT2D eigenvalue weighted by Crippen LogP contribution is 2.36.